The van der Waals surface area contributed by atoms with Crippen LogP contribution in [0.3, 0.4) is 0 Å². The number of rotatable bonds is 1. The molecule has 15 heavy (non-hydrogen) atoms. The maximum absolute atomic E-state index is 6.01. The molecule has 0 unspecified atom stereocenters. The number of aromatic nitrogens is 2. The van der Waals surface area contributed by atoms with E-state index in [1.54, 1.807) is 0 Å². The normalized spacial score (nSPS) is 20.8. The summed E-state index contributed by atoms with van der Waals surface area (Å²) in [6.07, 6.45) is 8.49. The zero-order valence-electron chi connectivity index (χ0n) is 9.00. The summed E-state index contributed by atoms with van der Waals surface area (Å²) in [7, 11) is 0. The van der Waals surface area contributed by atoms with Gasteiger partial charge in [0.05, 0.1) is 0 Å². The lowest BCUT2D eigenvalue weighted by Gasteiger charge is -2.26. The van der Waals surface area contributed by atoms with Crippen LogP contribution in [-0.2, 0) is 12.8 Å². The van der Waals surface area contributed by atoms with Gasteiger partial charge >= 0.3 is 0 Å². The molecule has 0 amide bonds. The Morgan fingerprint density at radius 3 is 2.53 bits per heavy atom. The van der Waals surface area contributed by atoms with E-state index in [0.29, 0.717) is 5.92 Å². The first-order valence-corrected chi connectivity index (χ1v) is 6.00. The number of aryl methyl sites for hydroxylation is 1. The van der Waals surface area contributed by atoms with E-state index in [1.807, 2.05) is 0 Å². The zero-order valence-corrected chi connectivity index (χ0v) is 9.00. The van der Waals surface area contributed by atoms with Gasteiger partial charge in [-0.1, -0.05) is 6.42 Å². The fraction of sp³-hybridized carbons (Fsp3) is 0.667. The Hall–Kier alpha value is -1.12. The molecule has 1 aromatic rings. The van der Waals surface area contributed by atoms with Crippen molar-refractivity contribution in [2.24, 2.45) is 0 Å². The molecule has 0 atom stereocenters. The Morgan fingerprint density at radius 2 is 1.80 bits per heavy atom. The highest BCUT2D eigenvalue weighted by atomic mass is 15.0. The SMILES string of the molecule is Nc1nc(C2CCC2)nc2c1CCCC2. The molecule has 2 aliphatic rings. The second kappa shape index (κ2) is 3.47. The summed E-state index contributed by atoms with van der Waals surface area (Å²) < 4.78 is 0. The monoisotopic (exact) mass is 203 g/mol. The fourth-order valence-electron chi connectivity index (χ4n) is 2.49. The van der Waals surface area contributed by atoms with Crippen LogP contribution in [0, 0.1) is 0 Å². The van der Waals surface area contributed by atoms with E-state index in [1.165, 1.54) is 43.4 Å². The number of anilines is 1. The number of nitrogens with zero attached hydrogens (tertiary/aromatic N) is 2. The highest BCUT2D eigenvalue weighted by Gasteiger charge is 2.25. The maximum Gasteiger partial charge on any atom is 0.134 e. The predicted octanol–water partition coefficient (Wildman–Crippen LogP) is 2.21. The predicted molar refractivity (Wildman–Crippen MR) is 59.7 cm³/mol. The molecule has 80 valence electrons. The van der Waals surface area contributed by atoms with E-state index in [0.717, 1.165) is 24.5 Å². The lowest BCUT2D eigenvalue weighted by Crippen LogP contribution is -2.18. The van der Waals surface area contributed by atoms with Crippen LogP contribution in [-0.4, -0.2) is 9.97 Å². The summed E-state index contributed by atoms with van der Waals surface area (Å²) in [6, 6.07) is 0. The van der Waals surface area contributed by atoms with E-state index >= 15 is 0 Å². The molecule has 0 saturated heterocycles. The fourth-order valence-corrected chi connectivity index (χ4v) is 2.49. The molecule has 2 N–H and O–H groups in total. The molecule has 0 spiro atoms. The highest BCUT2D eigenvalue weighted by Crippen LogP contribution is 2.36. The quantitative estimate of drug-likeness (QED) is 0.761. The minimum Gasteiger partial charge on any atom is -0.383 e. The van der Waals surface area contributed by atoms with Gasteiger partial charge in [-0.3, -0.25) is 0 Å². The molecule has 1 aromatic heterocycles. The Balaban J connectivity index is 2.00. The molecule has 0 radical (unpaired) electrons. The largest absolute Gasteiger partial charge is 0.383 e. The summed E-state index contributed by atoms with van der Waals surface area (Å²) in [4.78, 5) is 9.18. The zero-order chi connectivity index (χ0) is 10.3. The van der Waals surface area contributed by atoms with Gasteiger partial charge in [-0.2, -0.15) is 0 Å². The van der Waals surface area contributed by atoms with Gasteiger partial charge in [0.2, 0.25) is 0 Å². The molecule has 3 heteroatoms. The van der Waals surface area contributed by atoms with E-state index in [4.69, 9.17) is 10.7 Å². The molecule has 0 bridgehead atoms. The third-order valence-electron chi connectivity index (χ3n) is 3.70. The Kier molecular flexibility index (Phi) is 2.11. The van der Waals surface area contributed by atoms with Crippen LogP contribution in [0.15, 0.2) is 0 Å². The molecule has 2 aliphatic carbocycles. The van der Waals surface area contributed by atoms with Crippen LogP contribution in [0.1, 0.15) is 55.1 Å². The van der Waals surface area contributed by atoms with Crippen molar-refractivity contribution in [3.05, 3.63) is 17.1 Å². The van der Waals surface area contributed by atoms with Crippen LogP contribution in [0.4, 0.5) is 5.82 Å². The van der Waals surface area contributed by atoms with Crippen LogP contribution in [0.2, 0.25) is 0 Å². The van der Waals surface area contributed by atoms with Gasteiger partial charge in [0.1, 0.15) is 11.6 Å². The molecular formula is C12H17N3. The molecule has 1 saturated carbocycles. The standard InChI is InChI=1S/C12H17N3/c13-11-9-6-1-2-7-10(9)14-12(15-11)8-4-3-5-8/h8H,1-7H2,(H2,13,14,15). The Morgan fingerprint density at radius 1 is 1.00 bits per heavy atom. The first-order chi connectivity index (χ1) is 7.34. The smallest absolute Gasteiger partial charge is 0.134 e. The molecular weight excluding hydrogens is 186 g/mol. The van der Waals surface area contributed by atoms with Crippen molar-refractivity contribution in [1.29, 1.82) is 0 Å². The number of hydrogen-bond donors (Lipinski definition) is 1. The summed E-state index contributed by atoms with van der Waals surface area (Å²) in [5.74, 6) is 2.36. The topological polar surface area (TPSA) is 51.8 Å². The summed E-state index contributed by atoms with van der Waals surface area (Å²) in [5, 5.41) is 0. The second-order valence-electron chi connectivity index (χ2n) is 4.73. The number of nitrogen functional groups attached to an aromatic ring is 1. The van der Waals surface area contributed by atoms with Crippen LogP contribution >= 0.6 is 0 Å². The van der Waals surface area contributed by atoms with Crippen molar-refractivity contribution in [2.75, 3.05) is 5.73 Å². The van der Waals surface area contributed by atoms with Crippen LogP contribution in [0.5, 0.6) is 0 Å². The van der Waals surface area contributed by atoms with Gasteiger partial charge < -0.3 is 5.73 Å². The molecule has 1 fully saturated rings. The van der Waals surface area contributed by atoms with Crippen LogP contribution < -0.4 is 5.73 Å². The van der Waals surface area contributed by atoms with E-state index < -0.39 is 0 Å². The maximum atomic E-state index is 6.01. The van der Waals surface area contributed by atoms with Gasteiger partial charge in [0, 0.05) is 17.2 Å². The first-order valence-electron chi connectivity index (χ1n) is 6.00. The lowest BCUT2D eigenvalue weighted by molar-refractivity contribution is 0.399. The molecule has 0 aromatic carbocycles. The van der Waals surface area contributed by atoms with E-state index in [2.05, 4.69) is 4.98 Å². The minimum absolute atomic E-state index is 0.597. The molecule has 1 heterocycles. The van der Waals surface area contributed by atoms with E-state index in [-0.39, 0.29) is 0 Å². The van der Waals surface area contributed by atoms with Crippen LogP contribution in [0.25, 0.3) is 0 Å². The Bertz CT molecular complexity index is 383. The van der Waals surface area contributed by atoms with Crippen molar-refractivity contribution >= 4 is 5.82 Å². The van der Waals surface area contributed by atoms with Gasteiger partial charge in [-0.25, -0.2) is 9.97 Å². The summed E-state index contributed by atoms with van der Waals surface area (Å²) in [6.45, 7) is 0. The van der Waals surface area contributed by atoms with Gasteiger partial charge in [-0.15, -0.1) is 0 Å². The number of nitrogens with two attached hydrogens (primary N) is 1. The average Bonchev–Trinajstić information content (AvgIpc) is 2.15. The lowest BCUT2D eigenvalue weighted by atomic mass is 9.84. The van der Waals surface area contributed by atoms with E-state index in [9.17, 15) is 0 Å². The van der Waals surface area contributed by atoms with Crippen molar-refractivity contribution in [3.63, 3.8) is 0 Å². The van der Waals surface area contributed by atoms with Crippen molar-refractivity contribution in [2.45, 2.75) is 50.9 Å². The molecule has 0 aliphatic heterocycles. The number of fused-ring (bicyclic) bond motifs is 1. The molecule has 3 nitrogen and oxygen atoms in total. The number of hydrogen-bond acceptors (Lipinski definition) is 3. The van der Waals surface area contributed by atoms with Gasteiger partial charge in [-0.05, 0) is 38.5 Å². The average molecular weight is 203 g/mol. The second-order valence-corrected chi connectivity index (χ2v) is 4.73. The van der Waals surface area contributed by atoms with Gasteiger partial charge in [0.15, 0.2) is 0 Å². The third kappa shape index (κ3) is 1.50. The van der Waals surface area contributed by atoms with Crippen molar-refractivity contribution in [1.82, 2.24) is 9.97 Å². The Labute approximate surface area is 90.1 Å². The van der Waals surface area contributed by atoms with Crippen molar-refractivity contribution < 1.29 is 0 Å². The third-order valence-corrected chi connectivity index (χ3v) is 3.70. The van der Waals surface area contributed by atoms with Crippen molar-refractivity contribution in [3.8, 4) is 0 Å². The first kappa shape index (κ1) is 9.13. The summed E-state index contributed by atoms with van der Waals surface area (Å²) >= 11 is 0. The minimum atomic E-state index is 0.597. The molecule has 3 rings (SSSR count). The highest BCUT2D eigenvalue weighted by molar-refractivity contribution is 5.44. The summed E-state index contributed by atoms with van der Waals surface area (Å²) in [5.41, 5.74) is 8.47. The van der Waals surface area contributed by atoms with Gasteiger partial charge in [0.25, 0.3) is 0 Å².